The maximum absolute atomic E-state index is 12.7. The van der Waals surface area contributed by atoms with Gasteiger partial charge in [0.05, 0.1) is 16.9 Å². The number of aromatic nitrogens is 2. The molecule has 0 saturated heterocycles. The van der Waals surface area contributed by atoms with Gasteiger partial charge in [0.2, 0.25) is 0 Å². The molecule has 30 heavy (non-hydrogen) atoms. The molecule has 7 heteroatoms. The molecule has 1 aromatic carbocycles. The highest BCUT2D eigenvalue weighted by molar-refractivity contribution is 6.07. The molecule has 2 aromatic heterocycles. The summed E-state index contributed by atoms with van der Waals surface area (Å²) in [6.07, 6.45) is 3.87. The first-order valence-corrected chi connectivity index (χ1v) is 10.2. The predicted octanol–water partition coefficient (Wildman–Crippen LogP) is 4.87. The summed E-state index contributed by atoms with van der Waals surface area (Å²) >= 11 is 0. The Hall–Kier alpha value is -3.61. The Morgan fingerprint density at radius 2 is 1.93 bits per heavy atom. The van der Waals surface area contributed by atoms with Gasteiger partial charge in [-0.15, -0.1) is 0 Å². The number of aryl methyl sites for hydroxylation is 1. The highest BCUT2D eigenvalue weighted by atomic mass is 16.2. The quantitative estimate of drug-likeness (QED) is 0.488. The van der Waals surface area contributed by atoms with Crippen LogP contribution in [0.2, 0.25) is 0 Å². The number of carbonyl (C=O) groups excluding carboxylic acids is 2. The number of hydrogen-bond donors (Lipinski definition) is 4. The van der Waals surface area contributed by atoms with Crippen LogP contribution >= 0.6 is 0 Å². The van der Waals surface area contributed by atoms with Gasteiger partial charge in [-0.25, -0.2) is 9.78 Å². The van der Waals surface area contributed by atoms with E-state index in [9.17, 15) is 9.59 Å². The van der Waals surface area contributed by atoms with Crippen molar-refractivity contribution in [1.29, 1.82) is 0 Å². The summed E-state index contributed by atoms with van der Waals surface area (Å²) in [6.45, 7) is 3.79. The van der Waals surface area contributed by atoms with Crippen molar-refractivity contribution in [3.8, 4) is 11.3 Å². The van der Waals surface area contributed by atoms with E-state index >= 15 is 0 Å². The molecule has 0 fully saturated rings. The molecule has 0 atom stereocenters. The molecule has 4 N–H and O–H groups in total. The molecule has 1 aliphatic carbocycles. The van der Waals surface area contributed by atoms with Gasteiger partial charge in [0.1, 0.15) is 5.82 Å². The second-order valence-corrected chi connectivity index (χ2v) is 7.68. The summed E-state index contributed by atoms with van der Waals surface area (Å²) in [4.78, 5) is 32.5. The number of benzene rings is 1. The molecule has 154 valence electrons. The van der Waals surface area contributed by atoms with Gasteiger partial charge in [-0.05, 0) is 51.0 Å². The second-order valence-electron chi connectivity index (χ2n) is 7.68. The summed E-state index contributed by atoms with van der Waals surface area (Å²) in [6, 6.07) is 13.2. The van der Waals surface area contributed by atoms with Crippen LogP contribution in [0.1, 0.15) is 42.7 Å². The summed E-state index contributed by atoms with van der Waals surface area (Å²) in [5.74, 6) is 0.580. The molecular weight excluding hydrogens is 378 g/mol. The van der Waals surface area contributed by atoms with Gasteiger partial charge in [0.25, 0.3) is 0 Å². The average molecular weight is 403 g/mol. The van der Waals surface area contributed by atoms with Crippen LogP contribution in [0.15, 0.2) is 48.7 Å². The Bertz CT molecular complexity index is 1070. The zero-order valence-corrected chi connectivity index (χ0v) is 17.1. The van der Waals surface area contributed by atoms with E-state index in [0.717, 1.165) is 46.7 Å². The van der Waals surface area contributed by atoms with Crippen molar-refractivity contribution in [3.63, 3.8) is 0 Å². The lowest BCUT2D eigenvalue weighted by Gasteiger charge is -2.14. The van der Waals surface area contributed by atoms with E-state index in [1.54, 1.807) is 12.3 Å². The van der Waals surface area contributed by atoms with Crippen molar-refractivity contribution in [2.24, 2.45) is 0 Å². The van der Waals surface area contributed by atoms with Gasteiger partial charge in [-0.1, -0.05) is 18.2 Å². The minimum absolute atomic E-state index is 0.0241. The van der Waals surface area contributed by atoms with Crippen molar-refractivity contribution in [2.45, 2.75) is 39.2 Å². The minimum atomic E-state index is -0.307. The van der Waals surface area contributed by atoms with Crippen molar-refractivity contribution < 1.29 is 9.59 Å². The third-order valence-electron chi connectivity index (χ3n) is 4.94. The highest BCUT2D eigenvalue weighted by Crippen LogP contribution is 2.39. The van der Waals surface area contributed by atoms with Crippen LogP contribution in [0.25, 0.3) is 11.3 Å². The lowest BCUT2D eigenvalue weighted by Crippen LogP contribution is -2.34. The zero-order valence-electron chi connectivity index (χ0n) is 17.1. The van der Waals surface area contributed by atoms with Crippen molar-refractivity contribution in [1.82, 2.24) is 15.3 Å². The molecule has 3 aromatic rings. The molecule has 7 nitrogen and oxygen atoms in total. The number of carbonyl (C=O) groups is 2. The largest absolute Gasteiger partial charge is 0.356 e. The fourth-order valence-electron chi connectivity index (χ4n) is 3.67. The number of rotatable bonds is 5. The van der Waals surface area contributed by atoms with Gasteiger partial charge in [-0.2, -0.15) is 0 Å². The Morgan fingerprint density at radius 1 is 1.13 bits per heavy atom. The van der Waals surface area contributed by atoms with Crippen LogP contribution in [-0.2, 0) is 6.42 Å². The number of hydrogen-bond acceptors (Lipinski definition) is 4. The lowest BCUT2D eigenvalue weighted by atomic mass is 9.95. The molecule has 2 amide bonds. The number of fused-ring (bicyclic) bond motifs is 1. The minimum Gasteiger partial charge on any atom is -0.356 e. The number of amides is 2. The summed E-state index contributed by atoms with van der Waals surface area (Å²) in [7, 11) is 0. The van der Waals surface area contributed by atoms with Crippen LogP contribution in [0.4, 0.5) is 22.0 Å². The summed E-state index contributed by atoms with van der Waals surface area (Å²) in [5.41, 5.74) is 5.00. The van der Waals surface area contributed by atoms with Gasteiger partial charge in [0, 0.05) is 35.6 Å². The topological polar surface area (TPSA) is 98.9 Å². The summed E-state index contributed by atoms with van der Waals surface area (Å²) in [5, 5.41) is 8.97. The van der Waals surface area contributed by atoms with Gasteiger partial charge < -0.3 is 15.6 Å². The van der Waals surface area contributed by atoms with E-state index in [-0.39, 0.29) is 17.9 Å². The number of Topliss-reactive ketones (excluding diaryl/α,β-unsaturated/α-hetero) is 1. The van der Waals surface area contributed by atoms with Crippen molar-refractivity contribution in [2.75, 3.05) is 10.6 Å². The number of anilines is 3. The smallest absolute Gasteiger partial charge is 0.320 e. The van der Waals surface area contributed by atoms with E-state index in [2.05, 4.69) is 25.9 Å². The Labute approximate surface area is 175 Å². The number of nitrogens with one attached hydrogen (secondary N) is 4. The van der Waals surface area contributed by atoms with Crippen LogP contribution in [0, 0.1) is 0 Å². The molecule has 0 radical (unpaired) electrons. The Balaban J connectivity index is 1.73. The maximum atomic E-state index is 12.7. The monoisotopic (exact) mass is 403 g/mol. The molecule has 0 spiro atoms. The van der Waals surface area contributed by atoms with Crippen molar-refractivity contribution >= 4 is 29.0 Å². The van der Waals surface area contributed by atoms with Crippen LogP contribution < -0.4 is 16.0 Å². The molecule has 4 rings (SSSR count). The number of urea groups is 1. The van der Waals surface area contributed by atoms with E-state index in [1.165, 1.54) is 0 Å². The first-order chi connectivity index (χ1) is 14.5. The van der Waals surface area contributed by atoms with Crippen LogP contribution in [0.5, 0.6) is 0 Å². The fraction of sp³-hybridized carbons (Fsp3) is 0.261. The molecule has 1 aliphatic rings. The average Bonchev–Trinajstić information content (AvgIpc) is 3.08. The normalized spacial score (nSPS) is 13.1. The molecule has 0 aliphatic heterocycles. The summed E-state index contributed by atoms with van der Waals surface area (Å²) < 4.78 is 0. The Morgan fingerprint density at radius 3 is 2.70 bits per heavy atom. The molecular formula is C23H25N5O2. The van der Waals surface area contributed by atoms with Crippen LogP contribution in [-0.4, -0.2) is 27.8 Å². The third-order valence-corrected chi connectivity index (χ3v) is 4.94. The number of H-pyrrole nitrogens is 1. The molecule has 2 heterocycles. The van der Waals surface area contributed by atoms with E-state index in [4.69, 9.17) is 0 Å². The van der Waals surface area contributed by atoms with Gasteiger partial charge in [-0.3, -0.25) is 10.1 Å². The second kappa shape index (κ2) is 8.41. The first kappa shape index (κ1) is 19.7. The van der Waals surface area contributed by atoms with Gasteiger partial charge in [0.15, 0.2) is 5.78 Å². The third kappa shape index (κ3) is 4.20. The van der Waals surface area contributed by atoms with E-state index < -0.39 is 0 Å². The molecule has 0 bridgehead atoms. The SMILES string of the molecule is CC(C)NC(=O)Nc1cc(-c2[nH]c3c(c2Nc2ccccc2)C(=O)CCC3)ccn1. The van der Waals surface area contributed by atoms with E-state index in [1.807, 2.05) is 50.2 Å². The predicted molar refractivity (Wildman–Crippen MR) is 118 cm³/mol. The lowest BCUT2D eigenvalue weighted by molar-refractivity contribution is 0.0973. The van der Waals surface area contributed by atoms with E-state index in [0.29, 0.717) is 12.2 Å². The number of ketones is 1. The molecule has 0 unspecified atom stereocenters. The molecule has 0 saturated carbocycles. The number of nitrogens with zero attached hydrogens (tertiary/aromatic N) is 1. The number of pyridine rings is 1. The highest BCUT2D eigenvalue weighted by Gasteiger charge is 2.27. The zero-order chi connectivity index (χ0) is 21.1. The number of para-hydroxylation sites is 1. The van der Waals surface area contributed by atoms with Crippen LogP contribution in [0.3, 0.4) is 0 Å². The number of aromatic amines is 1. The first-order valence-electron chi connectivity index (χ1n) is 10.2. The maximum Gasteiger partial charge on any atom is 0.320 e. The van der Waals surface area contributed by atoms with Gasteiger partial charge >= 0.3 is 6.03 Å². The Kier molecular flexibility index (Phi) is 5.52. The fourth-order valence-corrected chi connectivity index (χ4v) is 3.67. The standard InChI is InChI=1S/C23H25N5O2/c1-14(2)25-23(30)28-19-13-15(11-12-24-19)21-22(26-16-7-4-3-5-8-16)20-17(27-21)9-6-10-18(20)29/h3-5,7-8,11-14,26-27H,6,9-10H2,1-2H3,(H2,24,25,28,30). The van der Waals surface area contributed by atoms with Crippen molar-refractivity contribution in [3.05, 3.63) is 59.9 Å².